The van der Waals surface area contributed by atoms with E-state index in [-0.39, 0.29) is 0 Å². The molecule has 0 fully saturated rings. The van der Waals surface area contributed by atoms with Gasteiger partial charge in [-0.15, -0.1) is 0 Å². The summed E-state index contributed by atoms with van der Waals surface area (Å²) < 4.78 is 2.53. The van der Waals surface area contributed by atoms with Gasteiger partial charge in [0, 0.05) is 17.5 Å². The van der Waals surface area contributed by atoms with Crippen molar-refractivity contribution in [2.45, 2.75) is 175 Å². The number of aromatic nitrogens is 1. The van der Waals surface area contributed by atoms with Crippen molar-refractivity contribution in [3.05, 3.63) is 29.6 Å². The van der Waals surface area contributed by atoms with Crippen LogP contribution < -0.4 is 4.57 Å². The highest BCUT2D eigenvalue weighted by atomic mass is 14.9. The normalized spacial score (nSPS) is 11.4. The third-order valence-corrected chi connectivity index (χ3v) is 7.19. The van der Waals surface area contributed by atoms with Crippen molar-refractivity contribution in [3.8, 4) is 0 Å². The molecule has 1 nitrogen and oxygen atoms in total. The van der Waals surface area contributed by atoms with Crippen molar-refractivity contribution in [2.75, 3.05) is 0 Å². The predicted molar refractivity (Wildman–Crippen MR) is 148 cm³/mol. The first-order valence-corrected chi connectivity index (χ1v) is 15.3. The lowest BCUT2D eigenvalue weighted by atomic mass is 10.0. The Morgan fingerprint density at radius 2 is 0.758 bits per heavy atom. The number of hydrogen-bond acceptors (Lipinski definition) is 0. The van der Waals surface area contributed by atoms with E-state index in [0.29, 0.717) is 0 Å². The molecule has 1 aromatic rings. The van der Waals surface area contributed by atoms with Crippen LogP contribution in [0.1, 0.15) is 167 Å². The molecule has 0 atom stereocenters. The molecule has 1 aromatic heterocycles. The maximum atomic E-state index is 2.53. The van der Waals surface area contributed by atoms with E-state index in [0.717, 1.165) is 0 Å². The molecule has 0 saturated heterocycles. The van der Waals surface area contributed by atoms with Gasteiger partial charge in [-0.3, -0.25) is 0 Å². The number of aryl methyl sites for hydroxylation is 3. The van der Waals surface area contributed by atoms with Crippen LogP contribution in [0.2, 0.25) is 0 Å². The molecule has 1 heteroatoms. The van der Waals surface area contributed by atoms with Gasteiger partial charge in [0.25, 0.3) is 0 Å². The number of hydrogen-bond donors (Lipinski definition) is 0. The lowest BCUT2D eigenvalue weighted by molar-refractivity contribution is -0.698. The zero-order chi connectivity index (χ0) is 23.8. The predicted octanol–water partition coefficient (Wildman–Crippen LogP) is 10.3. The zero-order valence-corrected chi connectivity index (χ0v) is 23.1. The van der Waals surface area contributed by atoms with Gasteiger partial charge in [0.05, 0.1) is 0 Å². The van der Waals surface area contributed by atoms with Gasteiger partial charge in [0.15, 0.2) is 12.4 Å². The first kappa shape index (κ1) is 30.2. The van der Waals surface area contributed by atoms with Crippen molar-refractivity contribution in [1.29, 1.82) is 0 Å². The summed E-state index contributed by atoms with van der Waals surface area (Å²) >= 11 is 0. The van der Waals surface area contributed by atoms with Gasteiger partial charge in [-0.2, -0.15) is 0 Å². The highest BCUT2D eigenvalue weighted by molar-refractivity contribution is 5.15. The molecule has 1 heterocycles. The van der Waals surface area contributed by atoms with E-state index >= 15 is 0 Å². The Balaban J connectivity index is 2.24. The van der Waals surface area contributed by atoms with Crippen molar-refractivity contribution < 1.29 is 4.57 Å². The molecule has 192 valence electrons. The van der Waals surface area contributed by atoms with Crippen LogP contribution in [0.4, 0.5) is 0 Å². The minimum absolute atomic E-state index is 1.21. The van der Waals surface area contributed by atoms with Gasteiger partial charge in [-0.25, -0.2) is 4.57 Å². The van der Waals surface area contributed by atoms with Crippen molar-refractivity contribution >= 4 is 0 Å². The molecule has 0 spiro atoms. The Morgan fingerprint density at radius 1 is 0.424 bits per heavy atom. The zero-order valence-electron chi connectivity index (χ0n) is 23.1. The minimum Gasteiger partial charge on any atom is -0.205 e. The molecular formula is C32H60N+. The summed E-state index contributed by atoms with van der Waals surface area (Å²) in [5.41, 5.74) is 3.16. The number of nitrogens with zero attached hydrogens (tertiary/aromatic N) is 1. The van der Waals surface area contributed by atoms with Gasteiger partial charge in [0.1, 0.15) is 6.54 Å². The third-order valence-electron chi connectivity index (χ3n) is 7.19. The van der Waals surface area contributed by atoms with E-state index in [1.807, 2.05) is 0 Å². The van der Waals surface area contributed by atoms with Gasteiger partial charge in [-0.1, -0.05) is 130 Å². The molecule has 0 radical (unpaired) electrons. The average molecular weight is 459 g/mol. The van der Waals surface area contributed by atoms with Crippen LogP contribution in [0, 0.1) is 0 Å². The summed E-state index contributed by atoms with van der Waals surface area (Å²) in [5.74, 6) is 0. The molecule has 0 amide bonds. The van der Waals surface area contributed by atoms with Gasteiger partial charge in [0.2, 0.25) is 0 Å². The molecule has 0 unspecified atom stereocenters. The number of unbranched alkanes of at least 4 members (excludes halogenated alkanes) is 18. The van der Waals surface area contributed by atoms with Crippen LogP contribution in [0.3, 0.4) is 0 Å². The van der Waals surface area contributed by atoms with E-state index in [1.165, 1.54) is 154 Å². The van der Waals surface area contributed by atoms with E-state index in [4.69, 9.17) is 0 Å². The summed E-state index contributed by atoms with van der Waals surface area (Å²) in [6, 6.07) is 2.51. The second kappa shape index (κ2) is 22.9. The Morgan fingerprint density at radius 3 is 1.15 bits per heavy atom. The van der Waals surface area contributed by atoms with Crippen LogP contribution in [-0.4, -0.2) is 0 Å². The van der Waals surface area contributed by atoms with Crippen LogP contribution >= 0.6 is 0 Å². The first-order chi connectivity index (χ1) is 16.3. The van der Waals surface area contributed by atoms with Gasteiger partial charge in [-0.05, 0) is 38.2 Å². The number of pyridine rings is 1. The van der Waals surface area contributed by atoms with Crippen LogP contribution in [0.25, 0.3) is 0 Å². The van der Waals surface area contributed by atoms with E-state index < -0.39 is 0 Å². The fourth-order valence-electron chi connectivity index (χ4n) is 5.00. The van der Waals surface area contributed by atoms with Crippen LogP contribution in [0.5, 0.6) is 0 Å². The van der Waals surface area contributed by atoms with Crippen molar-refractivity contribution in [2.24, 2.45) is 0 Å². The fourth-order valence-corrected chi connectivity index (χ4v) is 5.00. The maximum absolute atomic E-state index is 2.53. The highest BCUT2D eigenvalue weighted by Crippen LogP contribution is 2.14. The van der Waals surface area contributed by atoms with Crippen LogP contribution in [0.15, 0.2) is 18.5 Å². The maximum Gasteiger partial charge on any atom is 0.171 e. The molecule has 0 bridgehead atoms. The summed E-state index contributed by atoms with van der Waals surface area (Å²) in [5, 5.41) is 0. The average Bonchev–Trinajstić information content (AvgIpc) is 2.82. The third kappa shape index (κ3) is 18.2. The molecule has 0 saturated carbocycles. The number of rotatable bonds is 24. The Kier molecular flexibility index (Phi) is 21.0. The van der Waals surface area contributed by atoms with Crippen LogP contribution in [-0.2, 0) is 19.4 Å². The fraction of sp³-hybridized carbons (Fsp3) is 0.844. The molecule has 0 aromatic carbocycles. The van der Waals surface area contributed by atoms with E-state index in [1.54, 1.807) is 11.1 Å². The standard InChI is InChI=1S/C32H60N/c1-4-7-10-13-14-15-16-17-18-19-20-21-24-27-33-29-31(25-22-11-8-5-2)28-32(30-33)26-23-12-9-6-3/h28-30H,4-27H2,1-3H3/q+1. The Hall–Kier alpha value is -0.850. The molecular weight excluding hydrogens is 398 g/mol. The summed E-state index contributed by atoms with van der Waals surface area (Å²) in [4.78, 5) is 0. The first-order valence-electron chi connectivity index (χ1n) is 15.3. The molecule has 33 heavy (non-hydrogen) atoms. The highest BCUT2D eigenvalue weighted by Gasteiger charge is 2.08. The molecule has 0 aliphatic heterocycles. The summed E-state index contributed by atoms with van der Waals surface area (Å²) in [6.07, 6.45) is 37.0. The topological polar surface area (TPSA) is 3.88 Å². The summed E-state index contributed by atoms with van der Waals surface area (Å²) in [7, 11) is 0. The molecule has 1 rings (SSSR count). The molecule has 0 N–H and O–H groups in total. The Labute approximate surface area is 209 Å². The lowest BCUT2D eigenvalue weighted by Gasteiger charge is -2.07. The van der Waals surface area contributed by atoms with Crippen molar-refractivity contribution in [1.82, 2.24) is 0 Å². The molecule has 0 aliphatic carbocycles. The quantitative estimate of drug-likeness (QED) is 0.107. The van der Waals surface area contributed by atoms with E-state index in [2.05, 4.69) is 43.8 Å². The molecule has 0 aliphatic rings. The monoisotopic (exact) mass is 458 g/mol. The van der Waals surface area contributed by atoms with E-state index in [9.17, 15) is 0 Å². The smallest absolute Gasteiger partial charge is 0.171 e. The second-order valence-electron chi connectivity index (χ2n) is 10.7. The summed E-state index contributed by atoms with van der Waals surface area (Å²) in [6.45, 7) is 8.13. The van der Waals surface area contributed by atoms with Crippen molar-refractivity contribution in [3.63, 3.8) is 0 Å². The van der Waals surface area contributed by atoms with Gasteiger partial charge >= 0.3 is 0 Å². The lowest BCUT2D eigenvalue weighted by Crippen LogP contribution is -2.34. The second-order valence-corrected chi connectivity index (χ2v) is 10.7. The van der Waals surface area contributed by atoms with Gasteiger partial charge < -0.3 is 0 Å². The Bertz CT molecular complexity index is 505. The minimum atomic E-state index is 1.21. The SMILES string of the molecule is CCCCCCCCCCCCCCC[n+]1cc(CCCCCC)cc(CCCCCC)c1. The largest absolute Gasteiger partial charge is 0.205 e.